The van der Waals surface area contributed by atoms with E-state index in [4.69, 9.17) is 5.11 Å². The quantitative estimate of drug-likeness (QED) is 0.848. The molecular weight excluding hydrogens is 230 g/mol. The number of thiophene rings is 1. The zero-order valence-corrected chi connectivity index (χ0v) is 10.8. The van der Waals surface area contributed by atoms with Gasteiger partial charge >= 0.3 is 0 Å². The van der Waals surface area contributed by atoms with Crippen molar-refractivity contribution in [1.29, 1.82) is 0 Å². The molecule has 0 atom stereocenters. The van der Waals surface area contributed by atoms with Crippen molar-refractivity contribution in [2.24, 2.45) is 0 Å². The van der Waals surface area contributed by atoms with Crippen molar-refractivity contribution in [3.63, 3.8) is 0 Å². The number of aliphatic hydroxyl groups is 1. The van der Waals surface area contributed by atoms with Gasteiger partial charge in [-0.1, -0.05) is 19.1 Å². The van der Waals surface area contributed by atoms with E-state index in [1.165, 1.54) is 9.75 Å². The number of aryl methyl sites for hydroxylation is 1. The lowest BCUT2D eigenvalue weighted by molar-refractivity contribution is 0.282. The minimum Gasteiger partial charge on any atom is -0.392 e. The molecule has 1 aromatic carbocycles. The van der Waals surface area contributed by atoms with E-state index in [0.29, 0.717) is 0 Å². The highest BCUT2D eigenvalue weighted by Crippen LogP contribution is 2.19. The molecule has 17 heavy (non-hydrogen) atoms. The normalized spacial score (nSPS) is 10.5. The Morgan fingerprint density at radius 2 is 2.00 bits per heavy atom. The molecule has 0 fully saturated rings. The third-order valence-electron chi connectivity index (χ3n) is 2.64. The van der Waals surface area contributed by atoms with Crippen molar-refractivity contribution in [2.75, 3.05) is 5.32 Å². The van der Waals surface area contributed by atoms with E-state index in [0.717, 1.165) is 24.2 Å². The van der Waals surface area contributed by atoms with Gasteiger partial charge in [0, 0.05) is 22.0 Å². The minimum atomic E-state index is 0.0918. The van der Waals surface area contributed by atoms with E-state index < -0.39 is 0 Å². The maximum Gasteiger partial charge on any atom is 0.0682 e. The highest BCUT2D eigenvalue weighted by molar-refractivity contribution is 7.12. The largest absolute Gasteiger partial charge is 0.392 e. The molecule has 2 rings (SSSR count). The predicted octanol–water partition coefficient (Wildman–Crippen LogP) is 3.41. The fraction of sp³-hybridized carbons (Fsp3) is 0.286. The van der Waals surface area contributed by atoms with Crippen molar-refractivity contribution in [3.8, 4) is 0 Å². The molecule has 0 aliphatic carbocycles. The summed E-state index contributed by atoms with van der Waals surface area (Å²) < 4.78 is 0. The lowest BCUT2D eigenvalue weighted by Crippen LogP contribution is -1.97. The average Bonchev–Trinajstić information content (AvgIpc) is 2.84. The third kappa shape index (κ3) is 3.32. The molecule has 2 N–H and O–H groups in total. The standard InChI is InChI=1S/C14H17NOS/c1-2-13-6-7-14(17-13)9-15-12-5-3-4-11(8-12)10-16/h3-8,15-16H,2,9-10H2,1H3. The van der Waals surface area contributed by atoms with Gasteiger partial charge in [-0.2, -0.15) is 0 Å². The number of hydrogen-bond donors (Lipinski definition) is 2. The second-order valence-electron chi connectivity index (χ2n) is 3.93. The van der Waals surface area contributed by atoms with E-state index in [1.807, 2.05) is 35.6 Å². The van der Waals surface area contributed by atoms with Crippen LogP contribution < -0.4 is 5.32 Å². The molecule has 2 aromatic rings. The van der Waals surface area contributed by atoms with E-state index in [-0.39, 0.29) is 6.61 Å². The van der Waals surface area contributed by atoms with Crippen molar-refractivity contribution in [1.82, 2.24) is 0 Å². The summed E-state index contributed by atoms with van der Waals surface area (Å²) in [5.74, 6) is 0. The second-order valence-corrected chi connectivity index (χ2v) is 5.19. The minimum absolute atomic E-state index is 0.0918. The summed E-state index contributed by atoms with van der Waals surface area (Å²) in [6.45, 7) is 3.11. The molecule has 3 heteroatoms. The van der Waals surface area contributed by atoms with Crippen molar-refractivity contribution in [2.45, 2.75) is 26.5 Å². The molecule has 0 saturated heterocycles. The van der Waals surface area contributed by atoms with Crippen LogP contribution in [0.1, 0.15) is 22.2 Å². The van der Waals surface area contributed by atoms with E-state index in [9.17, 15) is 0 Å². The summed E-state index contributed by atoms with van der Waals surface area (Å²) in [7, 11) is 0. The second kappa shape index (κ2) is 5.84. The van der Waals surface area contributed by atoms with E-state index >= 15 is 0 Å². The molecule has 0 spiro atoms. The zero-order chi connectivity index (χ0) is 12.1. The van der Waals surface area contributed by atoms with Crippen LogP contribution in [0.4, 0.5) is 5.69 Å². The van der Waals surface area contributed by atoms with Crippen LogP contribution in [0.25, 0.3) is 0 Å². The number of rotatable bonds is 5. The SMILES string of the molecule is CCc1ccc(CNc2cccc(CO)c2)s1. The Kier molecular flexibility index (Phi) is 4.18. The highest BCUT2D eigenvalue weighted by Gasteiger charge is 1.99. The summed E-state index contributed by atoms with van der Waals surface area (Å²) >= 11 is 1.85. The molecule has 0 aliphatic heterocycles. The lowest BCUT2D eigenvalue weighted by atomic mass is 10.2. The maximum atomic E-state index is 9.06. The van der Waals surface area contributed by atoms with Crippen molar-refractivity contribution >= 4 is 17.0 Å². The first-order valence-electron chi connectivity index (χ1n) is 5.83. The van der Waals surface area contributed by atoms with Gasteiger partial charge in [0.15, 0.2) is 0 Å². The molecule has 90 valence electrons. The molecule has 0 aliphatic rings. The number of nitrogens with one attached hydrogen (secondary N) is 1. The van der Waals surface area contributed by atoms with Gasteiger partial charge in [-0.15, -0.1) is 11.3 Å². The fourth-order valence-corrected chi connectivity index (χ4v) is 2.57. The van der Waals surface area contributed by atoms with Gasteiger partial charge in [-0.05, 0) is 36.2 Å². The monoisotopic (exact) mass is 247 g/mol. The maximum absolute atomic E-state index is 9.06. The Labute approximate surface area is 106 Å². The topological polar surface area (TPSA) is 32.3 Å². The first kappa shape index (κ1) is 12.1. The zero-order valence-electron chi connectivity index (χ0n) is 9.94. The molecular formula is C14H17NOS. The lowest BCUT2D eigenvalue weighted by Gasteiger charge is -2.06. The third-order valence-corrected chi connectivity index (χ3v) is 3.87. The molecule has 1 heterocycles. The summed E-state index contributed by atoms with van der Waals surface area (Å²) in [6.07, 6.45) is 1.10. The summed E-state index contributed by atoms with van der Waals surface area (Å²) in [4.78, 5) is 2.77. The average molecular weight is 247 g/mol. The van der Waals surface area contributed by atoms with Crippen molar-refractivity contribution < 1.29 is 5.11 Å². The van der Waals surface area contributed by atoms with Crippen molar-refractivity contribution in [3.05, 3.63) is 51.7 Å². The molecule has 1 aromatic heterocycles. The highest BCUT2D eigenvalue weighted by atomic mass is 32.1. The van der Waals surface area contributed by atoms with Crippen LogP contribution >= 0.6 is 11.3 Å². The Bertz CT molecular complexity index is 479. The smallest absolute Gasteiger partial charge is 0.0682 e. The Morgan fingerprint density at radius 3 is 2.71 bits per heavy atom. The van der Waals surface area contributed by atoms with Gasteiger partial charge in [-0.3, -0.25) is 0 Å². The number of aliphatic hydroxyl groups excluding tert-OH is 1. The van der Waals surface area contributed by atoms with Crippen LogP contribution in [0.15, 0.2) is 36.4 Å². The van der Waals surface area contributed by atoms with Crippen LogP contribution in [0.3, 0.4) is 0 Å². The first-order valence-corrected chi connectivity index (χ1v) is 6.64. The fourth-order valence-electron chi connectivity index (χ4n) is 1.68. The summed E-state index contributed by atoms with van der Waals surface area (Å²) in [5, 5.41) is 12.4. The van der Waals surface area contributed by atoms with Crippen LogP contribution in [0.5, 0.6) is 0 Å². The molecule has 0 bridgehead atoms. The molecule has 2 nitrogen and oxygen atoms in total. The van der Waals surface area contributed by atoms with Gasteiger partial charge in [-0.25, -0.2) is 0 Å². The Morgan fingerprint density at radius 1 is 1.18 bits per heavy atom. The summed E-state index contributed by atoms with van der Waals surface area (Å²) in [6, 6.07) is 12.2. The van der Waals surface area contributed by atoms with Gasteiger partial charge in [0.1, 0.15) is 0 Å². The molecule has 0 saturated carbocycles. The number of hydrogen-bond acceptors (Lipinski definition) is 3. The number of anilines is 1. The Balaban J connectivity index is 1.96. The van der Waals surface area contributed by atoms with Crippen LogP contribution in [-0.4, -0.2) is 5.11 Å². The number of benzene rings is 1. The van der Waals surface area contributed by atoms with Crippen LogP contribution in [0, 0.1) is 0 Å². The van der Waals surface area contributed by atoms with Gasteiger partial charge in [0.25, 0.3) is 0 Å². The van der Waals surface area contributed by atoms with Gasteiger partial charge < -0.3 is 10.4 Å². The Hall–Kier alpha value is -1.32. The first-order chi connectivity index (χ1) is 8.31. The summed E-state index contributed by atoms with van der Waals surface area (Å²) in [5.41, 5.74) is 2.00. The van der Waals surface area contributed by atoms with Gasteiger partial charge in [0.2, 0.25) is 0 Å². The van der Waals surface area contributed by atoms with Crippen LogP contribution in [-0.2, 0) is 19.6 Å². The van der Waals surface area contributed by atoms with Crippen LogP contribution in [0.2, 0.25) is 0 Å². The van der Waals surface area contributed by atoms with E-state index in [2.05, 4.69) is 24.4 Å². The van der Waals surface area contributed by atoms with E-state index in [1.54, 1.807) is 0 Å². The molecule has 0 amide bonds. The molecule has 0 radical (unpaired) electrons. The molecule has 0 unspecified atom stereocenters. The van der Waals surface area contributed by atoms with Gasteiger partial charge in [0.05, 0.1) is 6.61 Å². The predicted molar refractivity (Wildman–Crippen MR) is 73.4 cm³/mol.